The molecule has 0 aliphatic rings. The molecule has 4 rings (SSSR count). The van der Waals surface area contributed by atoms with Crippen molar-refractivity contribution in [3.63, 3.8) is 0 Å². The lowest BCUT2D eigenvalue weighted by Crippen LogP contribution is -2.35. The first-order valence-electron chi connectivity index (χ1n) is 9.40. The second-order valence-corrected chi connectivity index (χ2v) is 8.42. The van der Waals surface area contributed by atoms with Crippen molar-refractivity contribution in [2.75, 3.05) is 11.4 Å². The van der Waals surface area contributed by atoms with E-state index in [0.29, 0.717) is 29.7 Å². The first-order chi connectivity index (χ1) is 14.0. The molecule has 0 aliphatic heterocycles. The van der Waals surface area contributed by atoms with Gasteiger partial charge < -0.3 is 0 Å². The maximum Gasteiger partial charge on any atom is 0.233 e. The molecule has 0 fully saturated rings. The Kier molecular flexibility index (Phi) is 5.65. The lowest BCUT2D eigenvalue weighted by Gasteiger charge is -2.20. The molecule has 4 aromatic rings. The second kappa shape index (κ2) is 8.35. The van der Waals surface area contributed by atoms with Gasteiger partial charge in [0.05, 0.1) is 22.7 Å². The van der Waals surface area contributed by atoms with E-state index in [1.807, 2.05) is 54.2 Å². The van der Waals surface area contributed by atoms with Gasteiger partial charge >= 0.3 is 0 Å². The van der Waals surface area contributed by atoms with Gasteiger partial charge in [0.25, 0.3) is 0 Å². The largest absolute Gasteiger partial charge is 0.286 e. The summed E-state index contributed by atoms with van der Waals surface area (Å²) in [5, 5.41) is 5.50. The average Bonchev–Trinajstić information content (AvgIpc) is 3.35. The molecule has 2 heterocycles. The van der Waals surface area contributed by atoms with Gasteiger partial charge in [-0.15, -0.1) is 0 Å². The van der Waals surface area contributed by atoms with Crippen LogP contribution in [-0.2, 0) is 17.8 Å². The van der Waals surface area contributed by atoms with Crippen LogP contribution in [0.15, 0.2) is 54.9 Å². The van der Waals surface area contributed by atoms with Crippen LogP contribution in [0.25, 0.3) is 10.2 Å². The smallest absolute Gasteiger partial charge is 0.233 e. The Labute approximate surface area is 178 Å². The highest BCUT2D eigenvalue weighted by molar-refractivity contribution is 7.22. The van der Waals surface area contributed by atoms with E-state index in [-0.39, 0.29) is 5.91 Å². The Morgan fingerprint density at radius 1 is 1.21 bits per heavy atom. The van der Waals surface area contributed by atoms with Crippen molar-refractivity contribution in [2.45, 2.75) is 26.8 Å². The van der Waals surface area contributed by atoms with Crippen LogP contribution in [0.1, 0.15) is 16.7 Å². The summed E-state index contributed by atoms with van der Waals surface area (Å²) in [7, 11) is 0. The number of rotatable bonds is 6. The summed E-state index contributed by atoms with van der Waals surface area (Å²) < 4.78 is 2.79. The van der Waals surface area contributed by atoms with Gasteiger partial charge in [0.2, 0.25) is 5.91 Å². The average molecular weight is 425 g/mol. The van der Waals surface area contributed by atoms with Crippen molar-refractivity contribution in [3.8, 4) is 0 Å². The van der Waals surface area contributed by atoms with Crippen LogP contribution in [0.3, 0.4) is 0 Å². The van der Waals surface area contributed by atoms with E-state index in [9.17, 15) is 4.79 Å². The number of carbonyl (C=O) groups excluding carboxylic acids is 1. The third-order valence-corrected chi connectivity index (χ3v) is 6.19. The molecule has 7 heteroatoms. The number of halogens is 1. The predicted octanol–water partition coefficient (Wildman–Crippen LogP) is 5.04. The third-order valence-electron chi connectivity index (χ3n) is 4.84. The SMILES string of the molecule is Cc1ccc(CC(=O)N(CCn2cccn2)c2nc3c(Cl)cccc3s2)c(C)c1. The highest BCUT2D eigenvalue weighted by atomic mass is 35.5. The number of para-hydroxylation sites is 1. The number of nitrogens with zero attached hydrogens (tertiary/aromatic N) is 4. The Balaban J connectivity index is 1.64. The van der Waals surface area contributed by atoms with Gasteiger partial charge in [-0.1, -0.05) is 52.8 Å². The molecular formula is C22H21ClN4OS. The molecule has 2 aromatic carbocycles. The van der Waals surface area contributed by atoms with E-state index in [1.165, 1.54) is 16.9 Å². The van der Waals surface area contributed by atoms with E-state index >= 15 is 0 Å². The van der Waals surface area contributed by atoms with Crippen LogP contribution in [0.5, 0.6) is 0 Å². The van der Waals surface area contributed by atoms with Crippen LogP contribution in [-0.4, -0.2) is 27.2 Å². The molecule has 0 bridgehead atoms. The number of aromatic nitrogens is 3. The van der Waals surface area contributed by atoms with Crippen molar-refractivity contribution >= 4 is 44.2 Å². The van der Waals surface area contributed by atoms with Gasteiger partial charge in [-0.05, 0) is 43.2 Å². The van der Waals surface area contributed by atoms with Gasteiger partial charge in [-0.25, -0.2) is 4.98 Å². The van der Waals surface area contributed by atoms with Gasteiger partial charge in [-0.3, -0.25) is 14.4 Å². The minimum atomic E-state index is 0.0132. The number of carbonyl (C=O) groups is 1. The minimum Gasteiger partial charge on any atom is -0.286 e. The topological polar surface area (TPSA) is 51.0 Å². The first kappa shape index (κ1) is 19.6. The Morgan fingerprint density at radius 2 is 2.07 bits per heavy atom. The molecule has 5 nitrogen and oxygen atoms in total. The fourth-order valence-corrected chi connectivity index (χ4v) is 4.59. The van der Waals surface area contributed by atoms with Gasteiger partial charge in [0.1, 0.15) is 5.52 Å². The zero-order valence-electron chi connectivity index (χ0n) is 16.3. The third kappa shape index (κ3) is 4.33. The van der Waals surface area contributed by atoms with Gasteiger partial charge in [0.15, 0.2) is 5.13 Å². The molecule has 148 valence electrons. The maximum absolute atomic E-state index is 13.3. The molecule has 2 aromatic heterocycles. The normalized spacial score (nSPS) is 11.1. The van der Waals surface area contributed by atoms with E-state index in [1.54, 1.807) is 11.1 Å². The second-order valence-electron chi connectivity index (χ2n) is 7.00. The summed E-state index contributed by atoms with van der Waals surface area (Å²) in [6, 6.07) is 13.7. The molecule has 29 heavy (non-hydrogen) atoms. The molecule has 0 spiro atoms. The van der Waals surface area contributed by atoms with Crippen LogP contribution in [0.4, 0.5) is 5.13 Å². The van der Waals surface area contributed by atoms with E-state index in [0.717, 1.165) is 21.3 Å². The van der Waals surface area contributed by atoms with Crippen LogP contribution >= 0.6 is 22.9 Å². The monoisotopic (exact) mass is 424 g/mol. The van der Waals surface area contributed by atoms with Crippen LogP contribution in [0, 0.1) is 13.8 Å². The summed E-state index contributed by atoms with van der Waals surface area (Å²) in [6.45, 7) is 5.18. The number of aryl methyl sites for hydroxylation is 2. The van der Waals surface area contributed by atoms with Crippen molar-refractivity contribution < 1.29 is 4.79 Å². The van der Waals surface area contributed by atoms with Gasteiger partial charge in [0, 0.05) is 18.9 Å². The quantitative estimate of drug-likeness (QED) is 0.435. The first-order valence-corrected chi connectivity index (χ1v) is 10.6. The Hall–Kier alpha value is -2.70. The zero-order chi connectivity index (χ0) is 20.4. The lowest BCUT2D eigenvalue weighted by molar-refractivity contribution is -0.118. The van der Waals surface area contributed by atoms with Crippen molar-refractivity contribution in [3.05, 3.63) is 76.6 Å². The summed E-state index contributed by atoms with van der Waals surface area (Å²) in [5.41, 5.74) is 4.08. The molecule has 0 aliphatic carbocycles. The number of thiazole rings is 1. The summed E-state index contributed by atoms with van der Waals surface area (Å²) >= 11 is 7.79. The summed E-state index contributed by atoms with van der Waals surface area (Å²) in [5.74, 6) is 0.0132. The number of hydrogen-bond acceptors (Lipinski definition) is 4. The minimum absolute atomic E-state index is 0.0132. The van der Waals surface area contributed by atoms with Gasteiger partial charge in [-0.2, -0.15) is 5.10 Å². The molecule has 1 amide bonds. The number of amides is 1. The fraction of sp³-hybridized carbons (Fsp3) is 0.227. The molecule has 0 saturated heterocycles. The van der Waals surface area contributed by atoms with Crippen molar-refractivity contribution in [2.24, 2.45) is 0 Å². The molecule has 0 N–H and O–H groups in total. The predicted molar refractivity (Wildman–Crippen MR) is 119 cm³/mol. The maximum atomic E-state index is 13.3. The highest BCUT2D eigenvalue weighted by Gasteiger charge is 2.21. The van der Waals surface area contributed by atoms with Crippen molar-refractivity contribution in [1.29, 1.82) is 0 Å². The lowest BCUT2D eigenvalue weighted by atomic mass is 10.0. The molecule has 0 radical (unpaired) electrons. The number of hydrogen-bond donors (Lipinski definition) is 0. The zero-order valence-corrected chi connectivity index (χ0v) is 17.9. The Bertz CT molecular complexity index is 1150. The molecular weight excluding hydrogens is 404 g/mol. The van der Waals surface area contributed by atoms with Crippen LogP contribution in [0.2, 0.25) is 5.02 Å². The molecule has 0 atom stereocenters. The Morgan fingerprint density at radius 3 is 2.79 bits per heavy atom. The number of anilines is 1. The number of benzene rings is 2. The number of fused-ring (bicyclic) bond motifs is 1. The van der Waals surface area contributed by atoms with E-state index in [4.69, 9.17) is 11.6 Å². The highest BCUT2D eigenvalue weighted by Crippen LogP contribution is 2.33. The summed E-state index contributed by atoms with van der Waals surface area (Å²) in [4.78, 5) is 19.7. The fourth-order valence-electron chi connectivity index (χ4n) is 3.28. The molecule has 0 saturated carbocycles. The van der Waals surface area contributed by atoms with E-state index in [2.05, 4.69) is 23.1 Å². The van der Waals surface area contributed by atoms with E-state index < -0.39 is 0 Å². The standard InChI is InChI=1S/C22H21ClN4OS/c1-15-7-8-17(16(2)13-15)14-20(28)27(12-11-26-10-4-9-24-26)22-25-21-18(23)5-3-6-19(21)29-22/h3-10,13H,11-12,14H2,1-2H3. The molecule has 0 unspecified atom stereocenters. The van der Waals surface area contributed by atoms with Crippen LogP contribution < -0.4 is 4.90 Å². The summed E-state index contributed by atoms with van der Waals surface area (Å²) in [6.07, 6.45) is 3.95. The van der Waals surface area contributed by atoms with Crippen molar-refractivity contribution in [1.82, 2.24) is 14.8 Å².